The molecular formula is C22H15FI2N2O4. The lowest BCUT2D eigenvalue weighted by Crippen LogP contribution is -2.17. The van der Waals surface area contributed by atoms with Crippen LogP contribution in [0.2, 0.25) is 0 Å². The molecule has 0 aliphatic heterocycles. The molecule has 0 aliphatic rings. The van der Waals surface area contributed by atoms with Gasteiger partial charge in [0.15, 0.2) is 0 Å². The molecule has 0 heterocycles. The first kappa shape index (κ1) is 23.1. The Balaban J connectivity index is 1.62. The highest BCUT2D eigenvalue weighted by Crippen LogP contribution is 2.29. The van der Waals surface area contributed by atoms with E-state index in [0.717, 1.165) is 18.3 Å². The Morgan fingerprint density at radius 2 is 1.58 bits per heavy atom. The average Bonchev–Trinajstić information content (AvgIpc) is 2.74. The first-order chi connectivity index (χ1) is 14.8. The number of aromatic carboxylic acids is 1. The Bertz CT molecular complexity index is 1110. The highest BCUT2D eigenvalue weighted by atomic mass is 127. The molecule has 6 nitrogen and oxygen atoms in total. The molecule has 0 spiro atoms. The Labute approximate surface area is 204 Å². The van der Waals surface area contributed by atoms with Gasteiger partial charge in [-0.05, 0) is 105 Å². The van der Waals surface area contributed by atoms with Crippen LogP contribution in [0, 0.1) is 13.0 Å². The molecule has 0 aliphatic carbocycles. The van der Waals surface area contributed by atoms with Gasteiger partial charge in [0.1, 0.15) is 18.2 Å². The minimum atomic E-state index is -0.970. The fourth-order valence-corrected chi connectivity index (χ4v) is 4.65. The number of hydrazone groups is 1. The molecule has 2 N–H and O–H groups in total. The van der Waals surface area contributed by atoms with E-state index in [9.17, 15) is 14.0 Å². The van der Waals surface area contributed by atoms with Gasteiger partial charge in [-0.3, -0.25) is 4.79 Å². The van der Waals surface area contributed by atoms with E-state index in [1.54, 1.807) is 12.1 Å². The van der Waals surface area contributed by atoms with Crippen molar-refractivity contribution in [1.82, 2.24) is 5.43 Å². The molecule has 3 aromatic carbocycles. The SMILES string of the molecule is O=C(O)c1ccc(COc2c(I)cc(/C=N\NC(=O)c3ccc(F)cc3)cc2I)cc1. The predicted molar refractivity (Wildman–Crippen MR) is 131 cm³/mol. The normalized spacial score (nSPS) is 10.8. The summed E-state index contributed by atoms with van der Waals surface area (Å²) in [7, 11) is 0. The highest BCUT2D eigenvalue weighted by molar-refractivity contribution is 14.1. The van der Waals surface area contributed by atoms with E-state index in [0.29, 0.717) is 17.9 Å². The van der Waals surface area contributed by atoms with E-state index in [-0.39, 0.29) is 5.56 Å². The molecule has 0 fully saturated rings. The second-order valence-corrected chi connectivity index (χ2v) is 8.63. The number of halogens is 3. The molecule has 31 heavy (non-hydrogen) atoms. The fourth-order valence-electron chi connectivity index (χ4n) is 2.52. The second kappa shape index (κ2) is 10.7. The molecular weight excluding hydrogens is 629 g/mol. The fraction of sp³-hybridized carbons (Fsp3) is 0.0455. The molecule has 9 heteroatoms. The van der Waals surface area contributed by atoms with Crippen molar-refractivity contribution in [3.63, 3.8) is 0 Å². The molecule has 0 unspecified atom stereocenters. The summed E-state index contributed by atoms with van der Waals surface area (Å²) in [5.74, 6) is -1.11. The van der Waals surface area contributed by atoms with Gasteiger partial charge in [0.25, 0.3) is 5.91 Å². The number of carboxylic acids is 1. The van der Waals surface area contributed by atoms with Crippen molar-refractivity contribution in [3.05, 3.63) is 95.9 Å². The summed E-state index contributed by atoms with van der Waals surface area (Å²) in [4.78, 5) is 22.9. The molecule has 3 rings (SSSR count). The first-order valence-electron chi connectivity index (χ1n) is 8.86. The van der Waals surface area contributed by atoms with Gasteiger partial charge in [-0.25, -0.2) is 14.6 Å². The maximum atomic E-state index is 12.9. The second-order valence-electron chi connectivity index (χ2n) is 6.31. The Morgan fingerprint density at radius 1 is 1.00 bits per heavy atom. The number of nitrogens with zero attached hydrogens (tertiary/aromatic N) is 1. The molecule has 1 amide bonds. The minimum Gasteiger partial charge on any atom is -0.487 e. The Kier molecular flexibility index (Phi) is 7.96. The van der Waals surface area contributed by atoms with Crippen LogP contribution in [-0.2, 0) is 6.61 Å². The third-order valence-electron chi connectivity index (χ3n) is 4.09. The van der Waals surface area contributed by atoms with Crippen LogP contribution in [-0.4, -0.2) is 23.2 Å². The zero-order valence-electron chi connectivity index (χ0n) is 15.8. The quantitative estimate of drug-likeness (QED) is 0.214. The van der Waals surface area contributed by atoms with Gasteiger partial charge in [-0.2, -0.15) is 5.10 Å². The number of carbonyl (C=O) groups is 2. The van der Waals surface area contributed by atoms with Crippen molar-refractivity contribution in [2.75, 3.05) is 0 Å². The standard InChI is InChI=1S/C22H15FI2N2O4/c23-17-7-5-15(6-8-17)21(28)27-26-11-14-9-18(24)20(19(25)10-14)31-12-13-1-3-16(4-2-13)22(29)30/h1-11H,12H2,(H,27,28)(H,29,30)/b26-11-. The van der Waals surface area contributed by atoms with E-state index in [4.69, 9.17) is 9.84 Å². The van der Waals surface area contributed by atoms with Crippen LogP contribution in [0.15, 0.2) is 65.8 Å². The number of carboxylic acid groups (broad SMARTS) is 1. The van der Waals surface area contributed by atoms with Gasteiger partial charge in [-0.15, -0.1) is 0 Å². The smallest absolute Gasteiger partial charge is 0.335 e. The van der Waals surface area contributed by atoms with Crippen LogP contribution in [0.5, 0.6) is 5.75 Å². The maximum absolute atomic E-state index is 12.9. The van der Waals surface area contributed by atoms with Crippen LogP contribution >= 0.6 is 45.2 Å². The average molecular weight is 644 g/mol. The van der Waals surface area contributed by atoms with Crippen LogP contribution < -0.4 is 10.2 Å². The van der Waals surface area contributed by atoms with E-state index in [1.165, 1.54) is 42.6 Å². The lowest BCUT2D eigenvalue weighted by atomic mass is 10.1. The van der Waals surface area contributed by atoms with Crippen molar-refractivity contribution in [3.8, 4) is 5.75 Å². The third-order valence-corrected chi connectivity index (χ3v) is 5.69. The number of nitrogens with one attached hydrogen (secondary N) is 1. The van der Waals surface area contributed by atoms with Crippen LogP contribution in [0.3, 0.4) is 0 Å². The van der Waals surface area contributed by atoms with Crippen LogP contribution in [0.4, 0.5) is 4.39 Å². The highest BCUT2D eigenvalue weighted by Gasteiger charge is 2.10. The van der Waals surface area contributed by atoms with E-state index >= 15 is 0 Å². The molecule has 0 atom stereocenters. The molecule has 0 bridgehead atoms. The monoisotopic (exact) mass is 644 g/mol. The number of hydrogen-bond donors (Lipinski definition) is 2. The number of ether oxygens (including phenoxy) is 1. The van der Waals surface area contributed by atoms with Crippen molar-refractivity contribution >= 4 is 63.3 Å². The number of carbonyl (C=O) groups excluding carboxylic acids is 1. The van der Waals surface area contributed by atoms with Gasteiger partial charge in [0.2, 0.25) is 0 Å². The summed E-state index contributed by atoms with van der Waals surface area (Å²) in [5, 5.41) is 12.9. The molecule has 0 saturated heterocycles. The summed E-state index contributed by atoms with van der Waals surface area (Å²) >= 11 is 4.31. The Morgan fingerprint density at radius 3 is 2.16 bits per heavy atom. The summed E-state index contributed by atoms with van der Waals surface area (Å²) in [5.41, 5.74) is 4.57. The van der Waals surface area contributed by atoms with Crippen LogP contribution in [0.25, 0.3) is 0 Å². The predicted octanol–water partition coefficient (Wildman–Crippen LogP) is 5.08. The molecule has 0 radical (unpaired) electrons. The summed E-state index contributed by atoms with van der Waals surface area (Å²) in [6.45, 7) is 0.299. The topological polar surface area (TPSA) is 88.0 Å². The van der Waals surface area contributed by atoms with Crippen molar-refractivity contribution in [2.24, 2.45) is 5.10 Å². The van der Waals surface area contributed by atoms with Gasteiger partial charge in [-0.1, -0.05) is 12.1 Å². The van der Waals surface area contributed by atoms with E-state index < -0.39 is 17.7 Å². The number of hydrogen-bond acceptors (Lipinski definition) is 4. The zero-order valence-corrected chi connectivity index (χ0v) is 20.1. The maximum Gasteiger partial charge on any atom is 0.335 e. The lowest BCUT2D eigenvalue weighted by Gasteiger charge is -2.11. The number of rotatable bonds is 7. The van der Waals surface area contributed by atoms with Crippen molar-refractivity contribution < 1.29 is 23.8 Å². The summed E-state index contributed by atoms with van der Waals surface area (Å²) in [6, 6.07) is 15.4. The van der Waals surface area contributed by atoms with Crippen LogP contribution in [0.1, 0.15) is 31.8 Å². The van der Waals surface area contributed by atoms with Crippen molar-refractivity contribution in [1.29, 1.82) is 0 Å². The van der Waals surface area contributed by atoms with E-state index in [2.05, 4.69) is 55.7 Å². The summed E-state index contributed by atoms with van der Waals surface area (Å²) < 4.78 is 20.6. The zero-order chi connectivity index (χ0) is 22.4. The molecule has 0 aromatic heterocycles. The van der Waals surface area contributed by atoms with Gasteiger partial charge in [0, 0.05) is 5.56 Å². The van der Waals surface area contributed by atoms with Gasteiger partial charge >= 0.3 is 5.97 Å². The Hall–Kier alpha value is -2.54. The molecule has 3 aromatic rings. The number of benzene rings is 3. The van der Waals surface area contributed by atoms with E-state index in [1.807, 2.05) is 12.1 Å². The van der Waals surface area contributed by atoms with Gasteiger partial charge < -0.3 is 9.84 Å². The third kappa shape index (κ3) is 6.47. The number of amides is 1. The minimum absolute atomic E-state index is 0.225. The largest absolute Gasteiger partial charge is 0.487 e. The summed E-state index contributed by atoms with van der Waals surface area (Å²) in [6.07, 6.45) is 1.51. The van der Waals surface area contributed by atoms with Crippen molar-refractivity contribution in [2.45, 2.75) is 6.61 Å². The molecule has 158 valence electrons. The van der Waals surface area contributed by atoms with Gasteiger partial charge in [0.05, 0.1) is 18.9 Å². The lowest BCUT2D eigenvalue weighted by molar-refractivity contribution is 0.0696. The first-order valence-corrected chi connectivity index (χ1v) is 11.0. The molecule has 0 saturated carbocycles.